The average molecular weight is 213 g/mol. The first-order chi connectivity index (χ1) is 7.34. The van der Waals surface area contributed by atoms with Crippen LogP contribution in [0.25, 0.3) is 0 Å². The Bertz CT molecular complexity index is 520. The predicted octanol–water partition coefficient (Wildman–Crippen LogP) is 4.20. The summed E-state index contributed by atoms with van der Waals surface area (Å²) in [7, 11) is 0. The van der Waals surface area contributed by atoms with Crippen molar-refractivity contribution in [3.8, 4) is 0 Å². The molecule has 2 aromatic rings. The van der Waals surface area contributed by atoms with E-state index in [1.165, 1.54) is 26.7 Å². The van der Waals surface area contributed by atoms with Gasteiger partial charge < -0.3 is 5.32 Å². The number of hydrogen-bond acceptors (Lipinski definition) is 2. The van der Waals surface area contributed by atoms with Crippen LogP contribution in [0.2, 0.25) is 0 Å². The Labute approximate surface area is 93.5 Å². The summed E-state index contributed by atoms with van der Waals surface area (Å²) in [5.41, 5.74) is 3.76. The van der Waals surface area contributed by atoms with E-state index in [-0.39, 0.29) is 0 Å². The summed E-state index contributed by atoms with van der Waals surface area (Å²) in [6.45, 7) is 2.15. The number of fused-ring (bicyclic) bond motifs is 2. The molecule has 1 N–H and O–H groups in total. The molecule has 0 bridgehead atoms. The first kappa shape index (κ1) is 8.86. The monoisotopic (exact) mass is 213 g/mol. The molecule has 1 nitrogen and oxygen atoms in total. The normalized spacial score (nSPS) is 12.6. The van der Waals surface area contributed by atoms with Gasteiger partial charge in [-0.2, -0.15) is 0 Å². The molecule has 0 fully saturated rings. The third-order valence-corrected chi connectivity index (χ3v) is 3.90. The van der Waals surface area contributed by atoms with Crippen LogP contribution in [0.5, 0.6) is 0 Å². The lowest BCUT2D eigenvalue weighted by atomic mass is 10.2. The highest BCUT2D eigenvalue weighted by atomic mass is 32.2. The van der Waals surface area contributed by atoms with Crippen LogP contribution in [-0.4, -0.2) is 0 Å². The van der Waals surface area contributed by atoms with Gasteiger partial charge in [-0.3, -0.25) is 0 Å². The lowest BCUT2D eigenvalue weighted by Crippen LogP contribution is -2.00. The lowest BCUT2D eigenvalue weighted by Gasteiger charge is -2.21. The number of benzene rings is 2. The molecule has 0 spiro atoms. The Balaban J connectivity index is 2.15. The summed E-state index contributed by atoms with van der Waals surface area (Å²) in [5, 5.41) is 3.46. The second-order valence-electron chi connectivity index (χ2n) is 3.67. The molecule has 1 heterocycles. The van der Waals surface area contributed by atoms with Crippen LogP contribution in [0.4, 0.5) is 11.4 Å². The Kier molecular flexibility index (Phi) is 1.96. The largest absolute Gasteiger partial charge is 0.354 e. The van der Waals surface area contributed by atoms with E-state index < -0.39 is 0 Å². The molecule has 15 heavy (non-hydrogen) atoms. The van der Waals surface area contributed by atoms with Crippen molar-refractivity contribution in [1.82, 2.24) is 0 Å². The predicted molar refractivity (Wildman–Crippen MR) is 65.0 cm³/mol. The van der Waals surface area contributed by atoms with Gasteiger partial charge in [0, 0.05) is 9.79 Å². The third kappa shape index (κ3) is 1.41. The van der Waals surface area contributed by atoms with Crippen molar-refractivity contribution >= 4 is 23.1 Å². The van der Waals surface area contributed by atoms with E-state index in [4.69, 9.17) is 0 Å². The minimum absolute atomic E-state index is 1.21. The van der Waals surface area contributed by atoms with Gasteiger partial charge in [-0.25, -0.2) is 0 Å². The smallest absolute Gasteiger partial charge is 0.0529 e. The molecule has 0 amide bonds. The number of aryl methyl sites for hydroxylation is 1. The van der Waals surface area contributed by atoms with Crippen LogP contribution in [0.3, 0.4) is 0 Å². The number of hydrogen-bond donors (Lipinski definition) is 1. The van der Waals surface area contributed by atoms with Crippen LogP contribution in [0.1, 0.15) is 5.56 Å². The molecular weight excluding hydrogens is 202 g/mol. The minimum Gasteiger partial charge on any atom is -0.354 e. The van der Waals surface area contributed by atoms with Gasteiger partial charge >= 0.3 is 0 Å². The molecule has 0 saturated heterocycles. The van der Waals surface area contributed by atoms with Crippen molar-refractivity contribution in [2.24, 2.45) is 0 Å². The molecule has 0 unspecified atom stereocenters. The second kappa shape index (κ2) is 3.31. The average Bonchev–Trinajstić information content (AvgIpc) is 2.27. The zero-order valence-corrected chi connectivity index (χ0v) is 9.27. The fraction of sp³-hybridized carbons (Fsp3) is 0.0769. The molecule has 74 valence electrons. The van der Waals surface area contributed by atoms with Crippen LogP contribution in [0, 0.1) is 6.92 Å². The molecule has 0 radical (unpaired) electrons. The standard InChI is InChI=1S/C13H11NS/c1-9-5-4-7-11-13(9)15-12-8-3-2-6-10(12)14-11/h2-8,14H,1H3. The Hall–Kier alpha value is -1.41. The molecule has 0 aromatic heterocycles. The molecule has 2 heteroatoms. The summed E-state index contributed by atoms with van der Waals surface area (Å²) in [5.74, 6) is 0. The van der Waals surface area contributed by atoms with Crippen LogP contribution in [-0.2, 0) is 0 Å². The first-order valence-electron chi connectivity index (χ1n) is 4.98. The van der Waals surface area contributed by atoms with E-state index in [2.05, 4.69) is 54.7 Å². The van der Waals surface area contributed by atoms with Gasteiger partial charge in [0.2, 0.25) is 0 Å². The maximum absolute atomic E-state index is 3.46. The zero-order valence-electron chi connectivity index (χ0n) is 8.45. The minimum atomic E-state index is 1.21. The highest BCUT2D eigenvalue weighted by Crippen LogP contribution is 2.45. The van der Waals surface area contributed by atoms with E-state index in [9.17, 15) is 0 Å². The molecule has 1 aliphatic rings. The number of nitrogens with one attached hydrogen (secondary N) is 1. The highest BCUT2D eigenvalue weighted by Gasteiger charge is 2.15. The van der Waals surface area contributed by atoms with Gasteiger partial charge in [0.15, 0.2) is 0 Å². The Morgan fingerprint density at radius 1 is 0.933 bits per heavy atom. The molecule has 0 aliphatic carbocycles. The van der Waals surface area contributed by atoms with Crippen molar-refractivity contribution in [3.63, 3.8) is 0 Å². The number of anilines is 2. The maximum Gasteiger partial charge on any atom is 0.0529 e. The summed E-state index contributed by atoms with van der Waals surface area (Å²) in [6.07, 6.45) is 0. The lowest BCUT2D eigenvalue weighted by molar-refractivity contribution is 1.25. The highest BCUT2D eigenvalue weighted by molar-refractivity contribution is 7.99. The van der Waals surface area contributed by atoms with Gasteiger partial charge in [-0.1, -0.05) is 36.0 Å². The molecule has 3 rings (SSSR count). The number of para-hydroxylation sites is 1. The van der Waals surface area contributed by atoms with Crippen LogP contribution < -0.4 is 5.32 Å². The molecule has 1 aliphatic heterocycles. The first-order valence-corrected chi connectivity index (χ1v) is 5.80. The van der Waals surface area contributed by atoms with E-state index in [0.29, 0.717) is 0 Å². The third-order valence-electron chi connectivity index (χ3n) is 2.58. The maximum atomic E-state index is 3.46. The quantitative estimate of drug-likeness (QED) is 0.600. The van der Waals surface area contributed by atoms with Gasteiger partial charge in [0.1, 0.15) is 0 Å². The van der Waals surface area contributed by atoms with Crippen molar-refractivity contribution in [3.05, 3.63) is 48.0 Å². The van der Waals surface area contributed by atoms with Crippen LogP contribution in [0.15, 0.2) is 52.3 Å². The van der Waals surface area contributed by atoms with Crippen molar-refractivity contribution in [1.29, 1.82) is 0 Å². The zero-order chi connectivity index (χ0) is 10.3. The fourth-order valence-corrected chi connectivity index (χ4v) is 2.85. The van der Waals surface area contributed by atoms with E-state index in [0.717, 1.165) is 0 Å². The van der Waals surface area contributed by atoms with Crippen LogP contribution >= 0.6 is 11.8 Å². The SMILES string of the molecule is Cc1cccc2c1Sc1ccccc1N2. The molecular formula is C13H11NS. The summed E-state index contributed by atoms with van der Waals surface area (Å²) in [4.78, 5) is 2.65. The van der Waals surface area contributed by atoms with Crippen molar-refractivity contribution < 1.29 is 0 Å². The summed E-state index contributed by atoms with van der Waals surface area (Å²) < 4.78 is 0. The molecule has 0 saturated carbocycles. The van der Waals surface area contributed by atoms with E-state index >= 15 is 0 Å². The summed E-state index contributed by atoms with van der Waals surface area (Å²) in [6, 6.07) is 14.8. The topological polar surface area (TPSA) is 12.0 Å². The van der Waals surface area contributed by atoms with Gasteiger partial charge in [-0.15, -0.1) is 0 Å². The number of rotatable bonds is 0. The van der Waals surface area contributed by atoms with Gasteiger partial charge in [-0.05, 0) is 30.7 Å². The van der Waals surface area contributed by atoms with Gasteiger partial charge in [0.05, 0.1) is 11.4 Å². The summed E-state index contributed by atoms with van der Waals surface area (Å²) >= 11 is 1.85. The molecule has 0 atom stereocenters. The van der Waals surface area contributed by atoms with E-state index in [1.54, 1.807) is 0 Å². The fourth-order valence-electron chi connectivity index (χ4n) is 1.80. The Morgan fingerprint density at radius 3 is 2.67 bits per heavy atom. The van der Waals surface area contributed by atoms with Crippen molar-refractivity contribution in [2.75, 3.05) is 5.32 Å². The van der Waals surface area contributed by atoms with E-state index in [1.807, 2.05) is 11.8 Å². The second-order valence-corrected chi connectivity index (χ2v) is 4.73. The molecule has 2 aromatic carbocycles. The Morgan fingerprint density at radius 2 is 1.73 bits per heavy atom. The van der Waals surface area contributed by atoms with Gasteiger partial charge in [0.25, 0.3) is 0 Å². The van der Waals surface area contributed by atoms with Crippen molar-refractivity contribution in [2.45, 2.75) is 16.7 Å².